The van der Waals surface area contributed by atoms with Crippen molar-refractivity contribution >= 4 is 23.2 Å². The minimum atomic E-state index is -0.563. The average Bonchev–Trinajstić information content (AvgIpc) is 2.57. The van der Waals surface area contributed by atoms with Gasteiger partial charge in [-0.1, -0.05) is 23.8 Å². The van der Waals surface area contributed by atoms with Crippen molar-refractivity contribution in [3.63, 3.8) is 0 Å². The summed E-state index contributed by atoms with van der Waals surface area (Å²) in [6.45, 7) is 5.65. The summed E-state index contributed by atoms with van der Waals surface area (Å²) < 4.78 is 0. The molecule has 7 nitrogen and oxygen atoms in total. The molecule has 7 heteroatoms. The van der Waals surface area contributed by atoms with Crippen molar-refractivity contribution < 1.29 is 14.5 Å². The predicted molar refractivity (Wildman–Crippen MR) is 99.3 cm³/mol. The molecule has 136 valence electrons. The molecule has 0 spiro atoms. The van der Waals surface area contributed by atoms with Crippen LogP contribution in [0, 0.1) is 30.9 Å². The number of hydrogen-bond acceptors (Lipinski definition) is 4. The third kappa shape index (κ3) is 4.44. The molecule has 2 amide bonds. The topological polar surface area (TPSA) is 92.6 Å². The number of amides is 2. The summed E-state index contributed by atoms with van der Waals surface area (Å²) in [5.41, 5.74) is 3.73. The Morgan fingerprint density at radius 3 is 2.31 bits per heavy atom. The zero-order chi connectivity index (χ0) is 19.4. The predicted octanol–water partition coefficient (Wildman–Crippen LogP) is 3.23. The van der Waals surface area contributed by atoms with Gasteiger partial charge in [0.15, 0.2) is 0 Å². The number of rotatable bonds is 5. The zero-order valence-corrected chi connectivity index (χ0v) is 15.2. The van der Waals surface area contributed by atoms with Crippen LogP contribution in [0.3, 0.4) is 0 Å². The van der Waals surface area contributed by atoms with Gasteiger partial charge < -0.3 is 10.2 Å². The van der Waals surface area contributed by atoms with Gasteiger partial charge in [0, 0.05) is 30.4 Å². The van der Waals surface area contributed by atoms with Gasteiger partial charge in [-0.05, 0) is 38.0 Å². The van der Waals surface area contributed by atoms with Crippen LogP contribution in [0.5, 0.6) is 0 Å². The SMILES string of the molecule is Cc1cc(C)c(NC(=O)CN(C)C(=O)c2cccc([N+](=O)[O-])c2)c(C)c1. The van der Waals surface area contributed by atoms with Crippen LogP contribution in [-0.2, 0) is 4.79 Å². The second-order valence-corrected chi connectivity index (χ2v) is 6.29. The fourth-order valence-electron chi connectivity index (χ4n) is 2.82. The van der Waals surface area contributed by atoms with E-state index < -0.39 is 10.8 Å². The quantitative estimate of drug-likeness (QED) is 0.658. The molecule has 0 aliphatic heterocycles. The smallest absolute Gasteiger partial charge is 0.270 e. The second-order valence-electron chi connectivity index (χ2n) is 6.29. The number of hydrogen-bond donors (Lipinski definition) is 1. The number of nitro benzene ring substituents is 1. The highest BCUT2D eigenvalue weighted by Crippen LogP contribution is 2.22. The lowest BCUT2D eigenvalue weighted by Gasteiger charge is -2.18. The number of carbonyl (C=O) groups is 2. The van der Waals surface area contributed by atoms with Crippen LogP contribution in [0.1, 0.15) is 27.0 Å². The minimum absolute atomic E-state index is 0.158. The highest BCUT2D eigenvalue weighted by molar-refractivity contribution is 6.00. The maximum absolute atomic E-state index is 12.4. The maximum atomic E-state index is 12.4. The lowest BCUT2D eigenvalue weighted by molar-refractivity contribution is -0.384. The van der Waals surface area contributed by atoms with Crippen molar-refractivity contribution in [3.8, 4) is 0 Å². The Morgan fingerprint density at radius 2 is 1.73 bits per heavy atom. The van der Waals surface area contributed by atoms with Crippen LogP contribution in [0.2, 0.25) is 0 Å². The number of non-ortho nitro benzene ring substituents is 1. The fraction of sp³-hybridized carbons (Fsp3) is 0.263. The van der Waals surface area contributed by atoms with Gasteiger partial charge in [0.2, 0.25) is 5.91 Å². The lowest BCUT2D eigenvalue weighted by atomic mass is 10.1. The molecule has 0 heterocycles. The molecule has 0 radical (unpaired) electrons. The summed E-state index contributed by atoms with van der Waals surface area (Å²) >= 11 is 0. The molecule has 0 aliphatic rings. The molecule has 1 N–H and O–H groups in total. The van der Waals surface area contributed by atoms with Crippen molar-refractivity contribution in [1.82, 2.24) is 4.90 Å². The Hall–Kier alpha value is -3.22. The largest absolute Gasteiger partial charge is 0.332 e. The Bertz CT molecular complexity index is 854. The molecule has 0 saturated carbocycles. The highest BCUT2D eigenvalue weighted by Gasteiger charge is 2.18. The van der Waals surface area contributed by atoms with Gasteiger partial charge in [0.25, 0.3) is 11.6 Å². The van der Waals surface area contributed by atoms with Crippen LogP contribution < -0.4 is 5.32 Å². The summed E-state index contributed by atoms with van der Waals surface area (Å²) in [6, 6.07) is 9.38. The summed E-state index contributed by atoms with van der Waals surface area (Å²) in [5, 5.41) is 13.7. The van der Waals surface area contributed by atoms with E-state index in [4.69, 9.17) is 0 Å². The second kappa shape index (κ2) is 7.77. The molecule has 0 atom stereocenters. The van der Waals surface area contributed by atoms with E-state index in [1.54, 1.807) is 0 Å². The first-order chi connectivity index (χ1) is 12.2. The van der Waals surface area contributed by atoms with Gasteiger partial charge in [-0.2, -0.15) is 0 Å². The molecule has 0 unspecified atom stereocenters. The van der Waals surface area contributed by atoms with E-state index in [1.165, 1.54) is 36.2 Å². The van der Waals surface area contributed by atoms with Crippen LogP contribution >= 0.6 is 0 Å². The van der Waals surface area contributed by atoms with E-state index in [0.717, 1.165) is 22.4 Å². The molecule has 2 aromatic carbocycles. The lowest BCUT2D eigenvalue weighted by Crippen LogP contribution is -2.35. The highest BCUT2D eigenvalue weighted by atomic mass is 16.6. The number of nitro groups is 1. The Kier molecular flexibility index (Phi) is 5.71. The fourth-order valence-corrected chi connectivity index (χ4v) is 2.82. The molecule has 0 fully saturated rings. The van der Waals surface area contributed by atoms with E-state index in [1.807, 2.05) is 32.9 Å². The average molecular weight is 355 g/mol. The Labute approximate surface area is 151 Å². The third-order valence-electron chi connectivity index (χ3n) is 3.97. The van der Waals surface area contributed by atoms with Crippen molar-refractivity contribution in [2.24, 2.45) is 0 Å². The van der Waals surface area contributed by atoms with Crippen molar-refractivity contribution in [2.75, 3.05) is 18.9 Å². The van der Waals surface area contributed by atoms with Crippen molar-refractivity contribution in [2.45, 2.75) is 20.8 Å². The molecule has 0 aromatic heterocycles. The number of nitrogens with zero attached hydrogens (tertiary/aromatic N) is 2. The van der Waals surface area contributed by atoms with Gasteiger partial charge in [0.05, 0.1) is 11.5 Å². The van der Waals surface area contributed by atoms with Crippen LogP contribution in [0.25, 0.3) is 0 Å². The molecule has 0 saturated heterocycles. The number of likely N-dealkylation sites (N-methyl/N-ethyl adjacent to an activating group) is 1. The van der Waals surface area contributed by atoms with Gasteiger partial charge in [-0.15, -0.1) is 0 Å². The minimum Gasteiger partial charge on any atom is -0.332 e. The number of nitrogens with one attached hydrogen (secondary N) is 1. The Balaban J connectivity index is 2.08. The zero-order valence-electron chi connectivity index (χ0n) is 15.2. The number of aryl methyl sites for hydroxylation is 3. The summed E-state index contributed by atoms with van der Waals surface area (Å²) in [4.78, 5) is 36.2. The standard InChI is InChI=1S/C19H21N3O4/c1-12-8-13(2)18(14(3)9-12)20-17(23)11-21(4)19(24)15-6-5-7-16(10-15)22(25)26/h5-10H,11H2,1-4H3,(H,20,23). The molecule has 2 rings (SSSR count). The summed E-state index contributed by atoms with van der Waals surface area (Å²) in [6.07, 6.45) is 0. The van der Waals surface area contributed by atoms with Crippen LogP contribution in [0.4, 0.5) is 11.4 Å². The van der Waals surface area contributed by atoms with Crippen LogP contribution in [0.15, 0.2) is 36.4 Å². The van der Waals surface area contributed by atoms with E-state index >= 15 is 0 Å². The normalized spacial score (nSPS) is 10.3. The van der Waals surface area contributed by atoms with Gasteiger partial charge >= 0.3 is 0 Å². The molecule has 0 aliphatic carbocycles. The van der Waals surface area contributed by atoms with Gasteiger partial charge in [-0.3, -0.25) is 19.7 Å². The molecule has 2 aromatic rings. The summed E-state index contributed by atoms with van der Waals surface area (Å²) in [7, 11) is 1.48. The first kappa shape index (κ1) is 19.1. The third-order valence-corrected chi connectivity index (χ3v) is 3.97. The molecular weight excluding hydrogens is 334 g/mol. The number of carbonyl (C=O) groups excluding carboxylic acids is 2. The molecule has 26 heavy (non-hydrogen) atoms. The molecule has 0 bridgehead atoms. The van der Waals surface area contributed by atoms with Gasteiger partial charge in [0.1, 0.15) is 0 Å². The first-order valence-electron chi connectivity index (χ1n) is 8.06. The molecular formula is C19H21N3O4. The van der Waals surface area contributed by atoms with Crippen molar-refractivity contribution in [1.29, 1.82) is 0 Å². The summed E-state index contributed by atoms with van der Waals surface area (Å²) in [5.74, 6) is -0.789. The monoisotopic (exact) mass is 355 g/mol. The van der Waals surface area contributed by atoms with Crippen molar-refractivity contribution in [3.05, 3.63) is 68.8 Å². The maximum Gasteiger partial charge on any atom is 0.270 e. The van der Waals surface area contributed by atoms with E-state index in [0.29, 0.717) is 0 Å². The van der Waals surface area contributed by atoms with Gasteiger partial charge in [-0.25, -0.2) is 0 Å². The number of benzene rings is 2. The van der Waals surface area contributed by atoms with E-state index in [-0.39, 0.29) is 23.7 Å². The number of anilines is 1. The Morgan fingerprint density at radius 1 is 1.12 bits per heavy atom. The van der Waals surface area contributed by atoms with E-state index in [9.17, 15) is 19.7 Å². The first-order valence-corrected chi connectivity index (χ1v) is 8.06. The van der Waals surface area contributed by atoms with Crippen LogP contribution in [-0.4, -0.2) is 35.2 Å². The van der Waals surface area contributed by atoms with E-state index in [2.05, 4.69) is 5.32 Å².